The summed E-state index contributed by atoms with van der Waals surface area (Å²) in [5.41, 5.74) is 2.30. The molecule has 0 bridgehead atoms. The Morgan fingerprint density at radius 3 is 2.61 bits per heavy atom. The topological polar surface area (TPSA) is 112 Å². The molecule has 0 unspecified atom stereocenters. The van der Waals surface area contributed by atoms with Crippen LogP contribution in [-0.4, -0.2) is 70.6 Å². The summed E-state index contributed by atoms with van der Waals surface area (Å²) >= 11 is 1.60. The highest BCUT2D eigenvalue weighted by Crippen LogP contribution is 2.24. The molecule has 166 valence electrons. The second kappa shape index (κ2) is 9.01. The number of nitrogens with one attached hydrogen (secondary N) is 1. The number of nitrogens with zero attached hydrogens (tertiary/aromatic N) is 4. The Bertz CT molecular complexity index is 1130. The highest BCUT2D eigenvalue weighted by atomic mass is 32.2. The number of rotatable bonds is 7. The van der Waals surface area contributed by atoms with E-state index in [2.05, 4.69) is 15.1 Å². The van der Waals surface area contributed by atoms with Gasteiger partial charge in [-0.25, -0.2) is 13.4 Å². The number of amides is 1. The summed E-state index contributed by atoms with van der Waals surface area (Å²) in [4.78, 5) is 22.2. The standard InChI is InChI=1S/C20H25N5O4S2/c1-14-19(15(2)29-23-14)31(27,28)25-11-9-24(10-12-25)18(26)8-5-13-30-20-21-16-6-3-4-7-17(16)22-20/h3-4,6-7H,5,8-13H2,1-2H3,(H,21,22). The van der Waals surface area contributed by atoms with Crippen LogP contribution in [0.4, 0.5) is 0 Å². The number of H-pyrrole nitrogens is 1. The van der Waals surface area contributed by atoms with Gasteiger partial charge < -0.3 is 14.4 Å². The Balaban J connectivity index is 1.24. The van der Waals surface area contributed by atoms with Gasteiger partial charge in [-0.2, -0.15) is 4.31 Å². The van der Waals surface area contributed by atoms with E-state index in [1.807, 2.05) is 24.3 Å². The molecule has 31 heavy (non-hydrogen) atoms. The number of benzene rings is 1. The number of carbonyl (C=O) groups is 1. The van der Waals surface area contributed by atoms with E-state index in [1.165, 1.54) is 4.31 Å². The Morgan fingerprint density at radius 2 is 1.94 bits per heavy atom. The third-order valence-electron chi connectivity index (χ3n) is 5.30. The first kappa shape index (κ1) is 21.8. The highest BCUT2D eigenvalue weighted by Gasteiger charge is 2.34. The zero-order valence-corrected chi connectivity index (χ0v) is 19.1. The number of aromatic amines is 1. The van der Waals surface area contributed by atoms with E-state index in [1.54, 1.807) is 30.5 Å². The van der Waals surface area contributed by atoms with E-state index in [-0.39, 0.29) is 29.7 Å². The monoisotopic (exact) mass is 463 g/mol. The van der Waals surface area contributed by atoms with Gasteiger partial charge in [0.1, 0.15) is 10.6 Å². The van der Waals surface area contributed by atoms with E-state index in [0.29, 0.717) is 25.2 Å². The highest BCUT2D eigenvalue weighted by molar-refractivity contribution is 7.99. The molecule has 0 radical (unpaired) electrons. The molecule has 11 heteroatoms. The summed E-state index contributed by atoms with van der Waals surface area (Å²) in [6, 6.07) is 7.87. The summed E-state index contributed by atoms with van der Waals surface area (Å²) in [6.07, 6.45) is 1.17. The van der Waals surface area contributed by atoms with E-state index < -0.39 is 10.0 Å². The molecule has 1 aliphatic heterocycles. The van der Waals surface area contributed by atoms with Crippen molar-refractivity contribution < 1.29 is 17.7 Å². The number of para-hydroxylation sites is 2. The number of aryl methyl sites for hydroxylation is 2. The number of carbonyl (C=O) groups excluding carboxylic acids is 1. The van der Waals surface area contributed by atoms with Crippen LogP contribution in [0.25, 0.3) is 11.0 Å². The molecule has 0 aliphatic carbocycles. The number of hydrogen-bond acceptors (Lipinski definition) is 7. The van der Waals surface area contributed by atoms with Gasteiger partial charge in [0.15, 0.2) is 10.9 Å². The lowest BCUT2D eigenvalue weighted by molar-refractivity contribution is -0.132. The predicted molar refractivity (Wildman–Crippen MR) is 117 cm³/mol. The van der Waals surface area contributed by atoms with Gasteiger partial charge in [-0.3, -0.25) is 4.79 Å². The SMILES string of the molecule is Cc1noc(C)c1S(=O)(=O)N1CCN(C(=O)CCCSc2nc3ccccc3[nH]2)CC1. The smallest absolute Gasteiger partial charge is 0.248 e. The molecule has 1 amide bonds. The minimum absolute atomic E-state index is 0.0552. The van der Waals surface area contributed by atoms with Crippen LogP contribution >= 0.6 is 11.8 Å². The van der Waals surface area contributed by atoms with Crippen LogP contribution in [0, 0.1) is 13.8 Å². The van der Waals surface area contributed by atoms with E-state index in [9.17, 15) is 13.2 Å². The Hall–Kier alpha value is -2.37. The molecule has 0 saturated carbocycles. The molecule has 1 aromatic carbocycles. The number of piperazine rings is 1. The van der Waals surface area contributed by atoms with Crippen molar-refractivity contribution in [3.63, 3.8) is 0 Å². The molecule has 3 aromatic rings. The zero-order valence-electron chi connectivity index (χ0n) is 17.5. The Morgan fingerprint density at radius 1 is 1.19 bits per heavy atom. The normalized spacial score (nSPS) is 15.6. The number of sulfonamides is 1. The van der Waals surface area contributed by atoms with Gasteiger partial charge in [0.05, 0.1) is 11.0 Å². The molecular formula is C20H25N5O4S2. The largest absolute Gasteiger partial charge is 0.360 e. The molecule has 1 fully saturated rings. The zero-order chi connectivity index (χ0) is 22.0. The lowest BCUT2D eigenvalue weighted by Crippen LogP contribution is -2.50. The molecule has 0 spiro atoms. The third-order valence-corrected chi connectivity index (χ3v) is 8.40. The lowest BCUT2D eigenvalue weighted by atomic mass is 10.2. The summed E-state index contributed by atoms with van der Waals surface area (Å²) < 4.78 is 32.2. The van der Waals surface area contributed by atoms with Crippen molar-refractivity contribution in [1.82, 2.24) is 24.3 Å². The molecule has 0 atom stereocenters. The average Bonchev–Trinajstić information content (AvgIpc) is 3.33. The fraction of sp³-hybridized carbons (Fsp3) is 0.450. The maximum atomic E-state index is 12.9. The van der Waals surface area contributed by atoms with Crippen LogP contribution in [0.15, 0.2) is 38.8 Å². The van der Waals surface area contributed by atoms with E-state index in [4.69, 9.17) is 4.52 Å². The minimum atomic E-state index is -3.67. The van der Waals surface area contributed by atoms with Crippen molar-refractivity contribution in [2.45, 2.75) is 36.7 Å². The first-order valence-corrected chi connectivity index (χ1v) is 12.6. The molecule has 1 N–H and O–H groups in total. The van der Waals surface area contributed by atoms with Crippen LogP contribution in [0.3, 0.4) is 0 Å². The number of thioether (sulfide) groups is 1. The summed E-state index contributed by atoms with van der Waals surface area (Å²) in [5, 5.41) is 4.60. The van der Waals surface area contributed by atoms with Crippen molar-refractivity contribution in [2.24, 2.45) is 0 Å². The molecule has 1 saturated heterocycles. The first-order valence-electron chi connectivity index (χ1n) is 10.1. The molecule has 9 nitrogen and oxygen atoms in total. The fourth-order valence-corrected chi connectivity index (χ4v) is 6.24. The van der Waals surface area contributed by atoms with Gasteiger partial charge in [-0.05, 0) is 32.4 Å². The maximum Gasteiger partial charge on any atom is 0.248 e. The van der Waals surface area contributed by atoms with Crippen molar-refractivity contribution in [3.05, 3.63) is 35.7 Å². The van der Waals surface area contributed by atoms with Crippen molar-refractivity contribution >= 4 is 38.7 Å². The molecule has 1 aliphatic rings. The van der Waals surface area contributed by atoms with Crippen LogP contribution in [-0.2, 0) is 14.8 Å². The van der Waals surface area contributed by atoms with Crippen LogP contribution in [0.2, 0.25) is 0 Å². The summed E-state index contributed by atoms with van der Waals surface area (Å²) in [7, 11) is -3.67. The third kappa shape index (κ3) is 4.63. The van der Waals surface area contributed by atoms with Crippen LogP contribution < -0.4 is 0 Å². The Kier molecular flexibility index (Phi) is 6.35. The quantitative estimate of drug-likeness (QED) is 0.423. The van der Waals surface area contributed by atoms with Gasteiger partial charge in [-0.15, -0.1) is 0 Å². The van der Waals surface area contributed by atoms with Gasteiger partial charge in [0.25, 0.3) is 0 Å². The Labute approximate surface area is 185 Å². The second-order valence-corrected chi connectivity index (χ2v) is 10.4. The van der Waals surface area contributed by atoms with Crippen molar-refractivity contribution in [3.8, 4) is 0 Å². The van der Waals surface area contributed by atoms with Crippen molar-refractivity contribution in [2.75, 3.05) is 31.9 Å². The molecule has 2 aromatic heterocycles. The second-order valence-electron chi connectivity index (χ2n) is 7.45. The van der Waals surface area contributed by atoms with E-state index in [0.717, 1.165) is 28.4 Å². The fourth-order valence-electron chi connectivity index (χ4n) is 3.70. The molecule has 4 rings (SSSR count). The van der Waals surface area contributed by atoms with Gasteiger partial charge in [0, 0.05) is 38.4 Å². The molecular weight excluding hydrogens is 438 g/mol. The van der Waals surface area contributed by atoms with Gasteiger partial charge in [-0.1, -0.05) is 29.1 Å². The summed E-state index contributed by atoms with van der Waals surface area (Å²) in [6.45, 7) is 4.52. The predicted octanol–water partition coefficient (Wildman–Crippen LogP) is 2.57. The summed E-state index contributed by atoms with van der Waals surface area (Å²) in [5.74, 6) is 1.13. The first-order chi connectivity index (χ1) is 14.9. The number of aromatic nitrogens is 3. The van der Waals surface area contributed by atoms with Gasteiger partial charge in [0.2, 0.25) is 15.9 Å². The van der Waals surface area contributed by atoms with Crippen molar-refractivity contribution in [1.29, 1.82) is 0 Å². The van der Waals surface area contributed by atoms with E-state index >= 15 is 0 Å². The molecule has 3 heterocycles. The maximum absolute atomic E-state index is 12.9. The number of hydrogen-bond donors (Lipinski definition) is 1. The minimum Gasteiger partial charge on any atom is -0.360 e. The number of imidazole rings is 1. The van der Waals surface area contributed by atoms with Gasteiger partial charge >= 0.3 is 0 Å². The van der Waals surface area contributed by atoms with Crippen LogP contribution in [0.1, 0.15) is 24.3 Å². The average molecular weight is 464 g/mol. The number of fused-ring (bicyclic) bond motifs is 1. The lowest BCUT2D eigenvalue weighted by Gasteiger charge is -2.34. The van der Waals surface area contributed by atoms with Crippen LogP contribution in [0.5, 0.6) is 0 Å².